The predicted molar refractivity (Wildman–Crippen MR) is 73.0 cm³/mol. The third-order valence-electron chi connectivity index (χ3n) is 2.94. The van der Waals surface area contributed by atoms with E-state index in [2.05, 4.69) is 15.9 Å². The molecule has 0 saturated heterocycles. The first-order valence-electron chi connectivity index (χ1n) is 5.65. The summed E-state index contributed by atoms with van der Waals surface area (Å²) >= 11 is 3.49. The van der Waals surface area contributed by atoms with Crippen LogP contribution in [0, 0.1) is 25.5 Å². The molecule has 94 valence electrons. The maximum Gasteiger partial charge on any atom is 0.130 e. The Kier molecular flexibility index (Phi) is 3.81. The largest absolute Gasteiger partial charge is 0.207 e. The lowest BCUT2D eigenvalue weighted by Crippen LogP contribution is -2.00. The van der Waals surface area contributed by atoms with Gasteiger partial charge in [-0.1, -0.05) is 45.8 Å². The van der Waals surface area contributed by atoms with Crippen LogP contribution in [0.25, 0.3) is 0 Å². The molecule has 0 amide bonds. The van der Waals surface area contributed by atoms with Crippen LogP contribution in [0.5, 0.6) is 0 Å². The minimum Gasteiger partial charge on any atom is -0.207 e. The monoisotopic (exact) mass is 310 g/mol. The predicted octanol–water partition coefficient (Wildman–Crippen LogP) is 5.07. The van der Waals surface area contributed by atoms with E-state index >= 15 is 0 Å². The molecule has 1 unspecified atom stereocenters. The number of aryl methyl sites for hydroxylation is 2. The van der Waals surface area contributed by atoms with E-state index in [0.717, 1.165) is 22.8 Å². The van der Waals surface area contributed by atoms with Gasteiger partial charge in [0.2, 0.25) is 0 Å². The van der Waals surface area contributed by atoms with Gasteiger partial charge in [-0.15, -0.1) is 0 Å². The summed E-state index contributed by atoms with van der Waals surface area (Å²) in [5, 5.41) is 0. The summed E-state index contributed by atoms with van der Waals surface area (Å²) in [7, 11) is 0. The summed E-state index contributed by atoms with van der Waals surface area (Å²) in [6.45, 7) is 3.97. The lowest BCUT2D eigenvalue weighted by Gasteiger charge is -2.15. The van der Waals surface area contributed by atoms with Gasteiger partial charge in [-0.05, 0) is 31.0 Å². The van der Waals surface area contributed by atoms with Crippen LogP contribution < -0.4 is 0 Å². The second-order valence-corrected chi connectivity index (χ2v) is 5.30. The summed E-state index contributed by atoms with van der Waals surface area (Å²) in [5.41, 5.74) is 3.64. The summed E-state index contributed by atoms with van der Waals surface area (Å²) in [6.07, 6.45) is 0. The Balaban J connectivity index is 2.47. The summed E-state index contributed by atoms with van der Waals surface area (Å²) in [4.78, 5) is -0.266. The van der Waals surface area contributed by atoms with Crippen LogP contribution in [0.1, 0.15) is 27.1 Å². The lowest BCUT2D eigenvalue weighted by atomic mass is 9.98. The topological polar surface area (TPSA) is 0 Å². The Hall–Kier alpha value is -1.22. The van der Waals surface area contributed by atoms with Gasteiger partial charge in [0.25, 0.3) is 0 Å². The number of hydrogen-bond acceptors (Lipinski definition) is 0. The highest BCUT2D eigenvalue weighted by Crippen LogP contribution is 2.34. The number of alkyl halides is 1. The molecule has 2 aromatic carbocycles. The van der Waals surface area contributed by atoms with Crippen LogP contribution in [0.3, 0.4) is 0 Å². The second-order valence-electron chi connectivity index (χ2n) is 4.39. The molecule has 3 heteroatoms. The molecule has 0 aliphatic rings. The van der Waals surface area contributed by atoms with Gasteiger partial charge in [0.15, 0.2) is 0 Å². The third-order valence-corrected chi connectivity index (χ3v) is 3.93. The van der Waals surface area contributed by atoms with Crippen molar-refractivity contribution in [1.82, 2.24) is 0 Å². The Morgan fingerprint density at radius 1 is 0.944 bits per heavy atom. The fourth-order valence-corrected chi connectivity index (χ4v) is 2.77. The molecule has 0 aliphatic heterocycles. The molecule has 0 nitrogen and oxygen atoms in total. The number of hydrogen-bond donors (Lipinski definition) is 0. The Labute approximate surface area is 114 Å². The van der Waals surface area contributed by atoms with Gasteiger partial charge in [0.1, 0.15) is 11.6 Å². The van der Waals surface area contributed by atoms with Crippen LogP contribution in [0.15, 0.2) is 36.4 Å². The van der Waals surface area contributed by atoms with Crippen molar-refractivity contribution in [3.8, 4) is 0 Å². The van der Waals surface area contributed by atoms with Gasteiger partial charge in [0, 0.05) is 11.6 Å². The van der Waals surface area contributed by atoms with E-state index in [1.54, 1.807) is 0 Å². The van der Waals surface area contributed by atoms with E-state index < -0.39 is 11.6 Å². The third kappa shape index (κ3) is 2.61. The van der Waals surface area contributed by atoms with E-state index in [9.17, 15) is 8.78 Å². The molecule has 0 aromatic heterocycles. The second kappa shape index (κ2) is 5.19. The van der Waals surface area contributed by atoms with E-state index in [0.29, 0.717) is 5.56 Å². The molecule has 0 aliphatic carbocycles. The molecule has 0 heterocycles. The van der Waals surface area contributed by atoms with Crippen molar-refractivity contribution in [2.45, 2.75) is 18.7 Å². The molecule has 0 bridgehead atoms. The molecule has 2 rings (SSSR count). The molecule has 0 radical (unpaired) electrons. The van der Waals surface area contributed by atoms with Crippen molar-refractivity contribution in [3.05, 3.63) is 70.3 Å². The summed E-state index contributed by atoms with van der Waals surface area (Å²) < 4.78 is 26.7. The first-order chi connectivity index (χ1) is 8.49. The number of benzene rings is 2. The van der Waals surface area contributed by atoms with E-state index in [1.807, 2.05) is 32.0 Å². The maximum atomic E-state index is 13.7. The summed E-state index contributed by atoms with van der Waals surface area (Å²) in [5.74, 6) is -1.09. The van der Waals surface area contributed by atoms with Crippen LogP contribution in [0.4, 0.5) is 8.78 Å². The van der Waals surface area contributed by atoms with Crippen LogP contribution in [0.2, 0.25) is 0 Å². The van der Waals surface area contributed by atoms with Crippen molar-refractivity contribution in [3.63, 3.8) is 0 Å². The van der Waals surface area contributed by atoms with Gasteiger partial charge >= 0.3 is 0 Å². The van der Waals surface area contributed by atoms with E-state index in [4.69, 9.17) is 0 Å². The first-order valence-corrected chi connectivity index (χ1v) is 6.57. The zero-order chi connectivity index (χ0) is 13.3. The number of rotatable bonds is 2. The van der Waals surface area contributed by atoms with Gasteiger partial charge in [-0.25, -0.2) is 8.78 Å². The van der Waals surface area contributed by atoms with Crippen molar-refractivity contribution in [2.24, 2.45) is 0 Å². The Bertz CT molecular complexity index is 579. The van der Waals surface area contributed by atoms with Crippen molar-refractivity contribution in [2.75, 3.05) is 0 Å². The van der Waals surface area contributed by atoms with Gasteiger partial charge in [0.05, 0.1) is 4.83 Å². The normalized spacial score (nSPS) is 12.5. The highest BCUT2D eigenvalue weighted by molar-refractivity contribution is 9.09. The molecule has 0 spiro atoms. The first kappa shape index (κ1) is 13.2. The average molecular weight is 311 g/mol. The van der Waals surface area contributed by atoms with Crippen LogP contribution in [-0.2, 0) is 0 Å². The minimum absolute atomic E-state index is 0.266. The van der Waals surface area contributed by atoms with Crippen molar-refractivity contribution < 1.29 is 8.78 Å². The van der Waals surface area contributed by atoms with Gasteiger partial charge in [-0.3, -0.25) is 0 Å². The minimum atomic E-state index is -0.558. The molecular formula is C15H13BrF2. The van der Waals surface area contributed by atoms with E-state index in [-0.39, 0.29) is 4.83 Å². The molecule has 18 heavy (non-hydrogen) atoms. The van der Waals surface area contributed by atoms with E-state index in [1.165, 1.54) is 12.1 Å². The fourth-order valence-electron chi connectivity index (χ4n) is 1.91. The standard InChI is InChI=1S/C15H13BrF2/c1-9-3-4-10(2)13(7-9)15(16)12-6-5-11(17)8-14(12)18/h3-8,15H,1-2H3. The van der Waals surface area contributed by atoms with Crippen molar-refractivity contribution >= 4 is 15.9 Å². The van der Waals surface area contributed by atoms with Crippen LogP contribution in [-0.4, -0.2) is 0 Å². The number of halogens is 3. The smallest absolute Gasteiger partial charge is 0.130 e. The zero-order valence-electron chi connectivity index (χ0n) is 10.2. The molecule has 0 N–H and O–H groups in total. The highest BCUT2D eigenvalue weighted by atomic mass is 79.9. The SMILES string of the molecule is Cc1ccc(C)c(C(Br)c2ccc(F)cc2F)c1. The Morgan fingerprint density at radius 3 is 2.33 bits per heavy atom. The molecule has 0 fully saturated rings. The van der Waals surface area contributed by atoms with Gasteiger partial charge < -0.3 is 0 Å². The van der Waals surface area contributed by atoms with Crippen LogP contribution >= 0.6 is 15.9 Å². The quantitative estimate of drug-likeness (QED) is 0.680. The highest BCUT2D eigenvalue weighted by Gasteiger charge is 2.17. The molecular weight excluding hydrogens is 298 g/mol. The molecule has 2 aromatic rings. The molecule has 0 saturated carbocycles. The zero-order valence-corrected chi connectivity index (χ0v) is 11.8. The average Bonchev–Trinajstić information content (AvgIpc) is 2.31. The lowest BCUT2D eigenvalue weighted by molar-refractivity contribution is 0.574. The Morgan fingerprint density at radius 2 is 1.67 bits per heavy atom. The van der Waals surface area contributed by atoms with Crippen molar-refractivity contribution in [1.29, 1.82) is 0 Å². The summed E-state index contributed by atoms with van der Waals surface area (Å²) in [6, 6.07) is 9.69. The maximum absolute atomic E-state index is 13.7. The van der Waals surface area contributed by atoms with Gasteiger partial charge in [-0.2, -0.15) is 0 Å². The molecule has 1 atom stereocenters. The fraction of sp³-hybridized carbons (Fsp3) is 0.200.